The summed E-state index contributed by atoms with van der Waals surface area (Å²) in [7, 11) is 1.34. The van der Waals surface area contributed by atoms with Crippen LogP contribution in [0.5, 0.6) is 5.75 Å². The summed E-state index contributed by atoms with van der Waals surface area (Å²) in [5, 5.41) is 3.11. The van der Waals surface area contributed by atoms with E-state index in [1.54, 1.807) is 17.0 Å². The number of hydrogen-bond donors (Lipinski definition) is 1. The summed E-state index contributed by atoms with van der Waals surface area (Å²) >= 11 is 0. The fourth-order valence-corrected chi connectivity index (χ4v) is 5.55. The number of carbonyl (C=O) groups excluding carboxylic acids is 3. The summed E-state index contributed by atoms with van der Waals surface area (Å²) < 4.78 is 11.2. The number of methoxy groups -OCH3 is 1. The van der Waals surface area contributed by atoms with Crippen molar-refractivity contribution in [3.63, 3.8) is 0 Å². The van der Waals surface area contributed by atoms with Crippen LogP contribution in [0.15, 0.2) is 36.4 Å². The van der Waals surface area contributed by atoms with E-state index in [9.17, 15) is 14.4 Å². The molecule has 1 spiro atoms. The Morgan fingerprint density at radius 3 is 2.86 bits per heavy atom. The maximum absolute atomic E-state index is 13.3. The summed E-state index contributed by atoms with van der Waals surface area (Å²) in [5.74, 6) is 0.0893. The molecule has 5 atom stereocenters. The normalized spacial score (nSPS) is 34.5. The highest BCUT2D eigenvalue weighted by atomic mass is 16.5. The van der Waals surface area contributed by atoms with Gasteiger partial charge >= 0.3 is 5.97 Å². The second kappa shape index (κ2) is 6.61. The Morgan fingerprint density at radius 2 is 2.10 bits per heavy atom. The van der Waals surface area contributed by atoms with Crippen LogP contribution >= 0.6 is 0 Å². The molecule has 3 saturated carbocycles. The number of fused-ring (bicyclic) bond motifs is 3. The van der Waals surface area contributed by atoms with Crippen molar-refractivity contribution in [1.82, 2.24) is 10.2 Å². The molecule has 2 bridgehead atoms. The fourth-order valence-electron chi connectivity index (χ4n) is 5.55. The zero-order valence-corrected chi connectivity index (χ0v) is 16.3. The van der Waals surface area contributed by atoms with Crippen LogP contribution in [0.25, 0.3) is 0 Å². The van der Waals surface area contributed by atoms with Crippen molar-refractivity contribution in [2.24, 2.45) is 17.8 Å². The number of nitrogens with zero attached hydrogens (tertiary/aromatic N) is 1. The van der Waals surface area contributed by atoms with Crippen molar-refractivity contribution in [3.8, 4) is 5.75 Å². The molecule has 29 heavy (non-hydrogen) atoms. The molecule has 0 aromatic heterocycles. The fraction of sp³-hybridized carbons (Fsp3) is 0.500. The summed E-state index contributed by atoms with van der Waals surface area (Å²) in [5.41, 5.74) is -0.188. The number of para-hydroxylation sites is 1. The van der Waals surface area contributed by atoms with Gasteiger partial charge in [0.05, 0.1) is 12.7 Å². The summed E-state index contributed by atoms with van der Waals surface area (Å²) in [4.78, 5) is 39.6. The summed E-state index contributed by atoms with van der Waals surface area (Å²) in [6.07, 6.45) is 6.66. The second-order valence-electron chi connectivity index (χ2n) is 8.41. The van der Waals surface area contributed by atoms with E-state index in [0.29, 0.717) is 30.7 Å². The van der Waals surface area contributed by atoms with Gasteiger partial charge in [-0.15, -0.1) is 0 Å². The van der Waals surface area contributed by atoms with E-state index in [-0.39, 0.29) is 29.6 Å². The molecule has 1 aromatic rings. The maximum Gasteiger partial charge on any atom is 0.332 e. The first-order valence-electron chi connectivity index (χ1n) is 10.2. The lowest BCUT2D eigenvalue weighted by Crippen LogP contribution is -2.67. The van der Waals surface area contributed by atoms with Crippen LogP contribution < -0.4 is 10.1 Å². The second-order valence-corrected chi connectivity index (χ2v) is 8.41. The molecule has 0 radical (unpaired) electrons. The Kier molecular flexibility index (Phi) is 4.15. The summed E-state index contributed by atoms with van der Waals surface area (Å²) in [6, 6.07) is 6.64. The van der Waals surface area contributed by atoms with Gasteiger partial charge < -0.3 is 19.7 Å². The van der Waals surface area contributed by atoms with Crippen LogP contribution in [-0.2, 0) is 14.3 Å². The van der Waals surface area contributed by atoms with Crippen LogP contribution in [0.2, 0.25) is 0 Å². The predicted molar refractivity (Wildman–Crippen MR) is 103 cm³/mol. The lowest BCUT2D eigenvalue weighted by atomic mass is 9.59. The Balaban J connectivity index is 1.37. The molecule has 152 valence electrons. The molecule has 3 aliphatic carbocycles. The highest BCUT2D eigenvalue weighted by molar-refractivity contribution is 5.98. The van der Waals surface area contributed by atoms with Gasteiger partial charge in [-0.3, -0.25) is 9.59 Å². The van der Waals surface area contributed by atoms with Crippen LogP contribution in [0, 0.1) is 17.8 Å². The molecule has 0 saturated heterocycles. The first kappa shape index (κ1) is 18.2. The van der Waals surface area contributed by atoms with Crippen molar-refractivity contribution in [2.75, 3.05) is 13.7 Å². The third-order valence-corrected chi connectivity index (χ3v) is 6.97. The highest BCUT2D eigenvalue weighted by Crippen LogP contribution is 2.53. The number of esters is 1. The van der Waals surface area contributed by atoms with E-state index in [0.717, 1.165) is 12.8 Å². The van der Waals surface area contributed by atoms with E-state index < -0.39 is 17.7 Å². The molecule has 3 fully saturated rings. The minimum Gasteiger partial charge on any atom is -0.467 e. The molecule has 0 unspecified atom stereocenters. The molecular weight excluding hydrogens is 372 g/mol. The first-order chi connectivity index (χ1) is 14.0. The third-order valence-electron chi connectivity index (χ3n) is 6.97. The van der Waals surface area contributed by atoms with Gasteiger partial charge in [0.25, 0.3) is 5.91 Å². The minimum absolute atomic E-state index is 0.00233. The van der Waals surface area contributed by atoms with Gasteiger partial charge in [-0.2, -0.15) is 0 Å². The van der Waals surface area contributed by atoms with Crippen molar-refractivity contribution < 1.29 is 23.9 Å². The van der Waals surface area contributed by atoms with E-state index in [1.165, 1.54) is 7.11 Å². The van der Waals surface area contributed by atoms with Gasteiger partial charge in [0.15, 0.2) is 5.72 Å². The molecular formula is C22H24N2O5. The Hall–Kier alpha value is -2.83. The molecule has 7 nitrogen and oxygen atoms in total. The number of nitrogens with one attached hydrogen (secondary N) is 1. The average Bonchev–Trinajstić information content (AvgIpc) is 3.23. The quantitative estimate of drug-likeness (QED) is 0.610. The van der Waals surface area contributed by atoms with Gasteiger partial charge in [0.2, 0.25) is 5.91 Å². The van der Waals surface area contributed by atoms with Crippen molar-refractivity contribution in [3.05, 3.63) is 42.0 Å². The van der Waals surface area contributed by atoms with Crippen molar-refractivity contribution in [2.45, 2.75) is 37.5 Å². The Morgan fingerprint density at radius 1 is 1.28 bits per heavy atom. The zero-order chi connectivity index (χ0) is 20.2. The van der Waals surface area contributed by atoms with Crippen LogP contribution in [0.4, 0.5) is 0 Å². The van der Waals surface area contributed by atoms with Crippen molar-refractivity contribution in [1.29, 1.82) is 0 Å². The molecule has 2 heterocycles. The van der Waals surface area contributed by atoms with Gasteiger partial charge in [-0.1, -0.05) is 24.3 Å². The van der Waals surface area contributed by atoms with E-state index in [1.807, 2.05) is 24.3 Å². The van der Waals surface area contributed by atoms with Gasteiger partial charge in [-0.25, -0.2) is 4.79 Å². The number of hydrogen-bond acceptors (Lipinski definition) is 5. The standard InChI is InChI=1S/C22H24N2O5/c1-28-21(27)17-6-4-10-24(17)20(26)16-11-14-9-8-13(16)12-22(14)23-19(25)15-5-2-3-7-18(15)29-22/h2-7,13-14,16-17H,8-12H2,1H3,(H,23,25)/t13-,14+,16+,17+,22+/m1/s1. The number of carbonyl (C=O) groups is 3. The Bertz CT molecular complexity index is 912. The first-order valence-corrected chi connectivity index (χ1v) is 10.2. The average molecular weight is 396 g/mol. The monoisotopic (exact) mass is 396 g/mol. The van der Waals surface area contributed by atoms with Crippen molar-refractivity contribution >= 4 is 17.8 Å². The molecule has 7 heteroatoms. The number of rotatable bonds is 2. The van der Waals surface area contributed by atoms with Gasteiger partial charge in [0.1, 0.15) is 11.8 Å². The topological polar surface area (TPSA) is 84.9 Å². The number of ether oxygens (including phenoxy) is 2. The van der Waals surface area contributed by atoms with Crippen LogP contribution in [0.1, 0.15) is 36.0 Å². The van der Waals surface area contributed by atoms with Gasteiger partial charge in [0, 0.05) is 24.8 Å². The zero-order valence-electron chi connectivity index (χ0n) is 16.3. The van der Waals surface area contributed by atoms with E-state index in [4.69, 9.17) is 9.47 Å². The van der Waals surface area contributed by atoms with Crippen LogP contribution in [0.3, 0.4) is 0 Å². The Labute approximate surface area is 169 Å². The number of benzene rings is 1. The largest absolute Gasteiger partial charge is 0.467 e. The third kappa shape index (κ3) is 2.74. The molecule has 5 aliphatic rings. The predicted octanol–water partition coefficient (Wildman–Crippen LogP) is 1.88. The molecule has 2 aliphatic heterocycles. The van der Waals surface area contributed by atoms with Gasteiger partial charge in [-0.05, 0) is 37.3 Å². The van der Waals surface area contributed by atoms with Crippen LogP contribution in [-0.4, -0.2) is 48.1 Å². The number of amides is 2. The summed E-state index contributed by atoms with van der Waals surface area (Å²) in [6.45, 7) is 0.429. The van der Waals surface area contributed by atoms with E-state index in [2.05, 4.69) is 5.32 Å². The minimum atomic E-state index is -0.740. The molecule has 1 aromatic carbocycles. The maximum atomic E-state index is 13.3. The highest BCUT2D eigenvalue weighted by Gasteiger charge is 2.57. The smallest absolute Gasteiger partial charge is 0.332 e. The lowest BCUT2D eigenvalue weighted by molar-refractivity contribution is -0.161. The molecule has 2 amide bonds. The SMILES string of the molecule is COC(=O)[C@@H]1C=CCN1C(=O)[C@H]1C[C@@H]2CC[C@@H]1C[C@@]21NC(=O)c2ccccc2O1. The molecule has 6 rings (SSSR count). The lowest BCUT2D eigenvalue weighted by Gasteiger charge is -2.55. The van der Waals surface area contributed by atoms with E-state index >= 15 is 0 Å². The molecule has 1 N–H and O–H groups in total.